The molecular weight excluding hydrogens is 262 g/mol. The number of halogens is 1. The third-order valence-corrected chi connectivity index (χ3v) is 3.51. The highest BCUT2D eigenvalue weighted by atomic mass is 79.9. The molecule has 0 aliphatic rings. The zero-order valence-corrected chi connectivity index (χ0v) is 10.6. The van der Waals surface area contributed by atoms with Crippen LogP contribution in [0.3, 0.4) is 0 Å². The van der Waals surface area contributed by atoms with Gasteiger partial charge < -0.3 is 5.32 Å². The van der Waals surface area contributed by atoms with E-state index in [9.17, 15) is 4.79 Å². The van der Waals surface area contributed by atoms with E-state index in [4.69, 9.17) is 0 Å². The summed E-state index contributed by atoms with van der Waals surface area (Å²) in [7, 11) is 0. The standard InChI is InChI=1S/C10H14BrNOS/c1-2-12-10(13)5-3-4-8-6-7-9(11)14-8/h6-7H,2-5H2,1H3,(H,12,13). The van der Waals surface area contributed by atoms with E-state index in [0.29, 0.717) is 6.42 Å². The molecule has 1 N–H and O–H groups in total. The third kappa shape index (κ3) is 4.24. The molecule has 0 atom stereocenters. The van der Waals surface area contributed by atoms with Crippen molar-refractivity contribution in [3.05, 3.63) is 20.8 Å². The first kappa shape index (κ1) is 11.7. The molecule has 0 unspecified atom stereocenters. The predicted molar refractivity (Wildman–Crippen MR) is 63.6 cm³/mol. The minimum Gasteiger partial charge on any atom is -0.356 e. The average molecular weight is 276 g/mol. The van der Waals surface area contributed by atoms with Gasteiger partial charge in [-0.3, -0.25) is 4.79 Å². The third-order valence-electron chi connectivity index (χ3n) is 1.83. The molecule has 1 aromatic heterocycles. The lowest BCUT2D eigenvalue weighted by Gasteiger charge is -2.00. The van der Waals surface area contributed by atoms with Gasteiger partial charge in [-0.05, 0) is 47.8 Å². The Kier molecular flexibility index (Phi) is 5.19. The summed E-state index contributed by atoms with van der Waals surface area (Å²) >= 11 is 5.15. The summed E-state index contributed by atoms with van der Waals surface area (Å²) in [5, 5.41) is 2.79. The van der Waals surface area contributed by atoms with E-state index in [2.05, 4.69) is 27.3 Å². The van der Waals surface area contributed by atoms with Crippen molar-refractivity contribution in [1.82, 2.24) is 5.32 Å². The predicted octanol–water partition coefficient (Wildman–Crippen LogP) is 2.97. The molecule has 0 aliphatic carbocycles. The Bertz CT molecular complexity index is 298. The maximum absolute atomic E-state index is 11.1. The van der Waals surface area contributed by atoms with Gasteiger partial charge in [-0.15, -0.1) is 11.3 Å². The maximum Gasteiger partial charge on any atom is 0.219 e. The van der Waals surface area contributed by atoms with Gasteiger partial charge in [0.25, 0.3) is 0 Å². The summed E-state index contributed by atoms with van der Waals surface area (Å²) in [4.78, 5) is 12.5. The zero-order valence-electron chi connectivity index (χ0n) is 8.18. The van der Waals surface area contributed by atoms with E-state index in [1.165, 1.54) is 4.88 Å². The van der Waals surface area contributed by atoms with Gasteiger partial charge in [-0.25, -0.2) is 0 Å². The second-order valence-corrected chi connectivity index (χ2v) is 5.56. The summed E-state index contributed by atoms with van der Waals surface area (Å²) in [6.45, 7) is 2.66. The molecule has 0 spiro atoms. The van der Waals surface area contributed by atoms with Crippen molar-refractivity contribution in [3.8, 4) is 0 Å². The molecule has 0 saturated carbocycles. The fourth-order valence-electron chi connectivity index (χ4n) is 1.19. The minimum atomic E-state index is 0.156. The number of carbonyl (C=O) groups excluding carboxylic acids is 1. The van der Waals surface area contributed by atoms with Crippen molar-refractivity contribution in [1.29, 1.82) is 0 Å². The van der Waals surface area contributed by atoms with Gasteiger partial charge in [0.05, 0.1) is 3.79 Å². The monoisotopic (exact) mass is 275 g/mol. The van der Waals surface area contributed by atoms with Crippen LogP contribution in [0.4, 0.5) is 0 Å². The Labute approximate surface area is 96.8 Å². The van der Waals surface area contributed by atoms with Crippen LogP contribution in [0.5, 0.6) is 0 Å². The number of hydrogen-bond acceptors (Lipinski definition) is 2. The number of amides is 1. The van der Waals surface area contributed by atoms with Gasteiger partial charge in [-0.2, -0.15) is 0 Å². The fourth-order valence-corrected chi connectivity index (χ4v) is 2.72. The molecule has 0 aromatic carbocycles. The van der Waals surface area contributed by atoms with Crippen molar-refractivity contribution in [3.63, 3.8) is 0 Å². The molecule has 2 nitrogen and oxygen atoms in total. The van der Waals surface area contributed by atoms with Crippen LogP contribution in [-0.2, 0) is 11.2 Å². The van der Waals surface area contributed by atoms with Gasteiger partial charge in [-0.1, -0.05) is 0 Å². The lowest BCUT2D eigenvalue weighted by molar-refractivity contribution is -0.121. The van der Waals surface area contributed by atoms with Crippen molar-refractivity contribution >= 4 is 33.2 Å². The molecule has 4 heteroatoms. The number of hydrogen-bond donors (Lipinski definition) is 1. The number of aryl methyl sites for hydroxylation is 1. The zero-order chi connectivity index (χ0) is 10.4. The average Bonchev–Trinajstić information content (AvgIpc) is 2.52. The van der Waals surface area contributed by atoms with E-state index >= 15 is 0 Å². The Hall–Kier alpha value is -0.350. The summed E-state index contributed by atoms with van der Waals surface area (Å²) < 4.78 is 1.16. The van der Waals surface area contributed by atoms with Crippen LogP contribution in [0.2, 0.25) is 0 Å². The lowest BCUT2D eigenvalue weighted by atomic mass is 10.2. The molecule has 0 radical (unpaired) electrons. The quantitative estimate of drug-likeness (QED) is 0.880. The molecule has 0 fully saturated rings. The highest BCUT2D eigenvalue weighted by Crippen LogP contribution is 2.23. The highest BCUT2D eigenvalue weighted by Gasteiger charge is 2.01. The maximum atomic E-state index is 11.1. The molecule has 78 valence electrons. The van der Waals surface area contributed by atoms with Gasteiger partial charge in [0, 0.05) is 17.8 Å². The number of carbonyl (C=O) groups is 1. The Morgan fingerprint density at radius 3 is 2.93 bits per heavy atom. The first-order chi connectivity index (χ1) is 6.72. The molecule has 1 rings (SSSR count). The van der Waals surface area contributed by atoms with E-state index < -0.39 is 0 Å². The molecule has 14 heavy (non-hydrogen) atoms. The van der Waals surface area contributed by atoms with Crippen molar-refractivity contribution in [2.24, 2.45) is 0 Å². The smallest absolute Gasteiger partial charge is 0.219 e. The van der Waals surface area contributed by atoms with E-state index in [1.54, 1.807) is 11.3 Å². The van der Waals surface area contributed by atoms with Gasteiger partial charge in [0.15, 0.2) is 0 Å². The van der Waals surface area contributed by atoms with E-state index in [1.807, 2.05) is 13.0 Å². The Morgan fingerprint density at radius 1 is 1.57 bits per heavy atom. The van der Waals surface area contributed by atoms with Crippen LogP contribution in [0.1, 0.15) is 24.6 Å². The number of thiophene rings is 1. The van der Waals surface area contributed by atoms with E-state index in [-0.39, 0.29) is 5.91 Å². The molecule has 0 saturated heterocycles. The van der Waals surface area contributed by atoms with Gasteiger partial charge in [0.1, 0.15) is 0 Å². The molecular formula is C10H14BrNOS. The lowest BCUT2D eigenvalue weighted by Crippen LogP contribution is -2.22. The van der Waals surface area contributed by atoms with Crippen molar-refractivity contribution < 1.29 is 4.79 Å². The summed E-state index contributed by atoms with van der Waals surface area (Å²) in [5.74, 6) is 0.156. The molecule has 0 aliphatic heterocycles. The van der Waals surface area contributed by atoms with Crippen molar-refractivity contribution in [2.75, 3.05) is 6.54 Å². The number of rotatable bonds is 5. The second-order valence-electron chi connectivity index (χ2n) is 3.01. The number of nitrogens with one attached hydrogen (secondary N) is 1. The van der Waals surface area contributed by atoms with Crippen LogP contribution in [-0.4, -0.2) is 12.5 Å². The van der Waals surface area contributed by atoms with Gasteiger partial charge >= 0.3 is 0 Å². The SMILES string of the molecule is CCNC(=O)CCCc1ccc(Br)s1. The van der Waals surface area contributed by atoms with Crippen LogP contribution < -0.4 is 5.32 Å². The first-order valence-corrected chi connectivity index (χ1v) is 6.34. The summed E-state index contributed by atoms with van der Waals surface area (Å²) in [6, 6.07) is 4.15. The highest BCUT2D eigenvalue weighted by molar-refractivity contribution is 9.11. The minimum absolute atomic E-state index is 0.156. The molecule has 0 bridgehead atoms. The van der Waals surface area contributed by atoms with Crippen LogP contribution in [0.15, 0.2) is 15.9 Å². The first-order valence-electron chi connectivity index (χ1n) is 4.73. The van der Waals surface area contributed by atoms with Crippen LogP contribution >= 0.6 is 27.3 Å². The Balaban J connectivity index is 2.18. The molecule has 1 amide bonds. The van der Waals surface area contributed by atoms with Crippen LogP contribution in [0, 0.1) is 0 Å². The second kappa shape index (κ2) is 6.19. The summed E-state index contributed by atoms with van der Waals surface area (Å²) in [6.07, 6.45) is 2.55. The topological polar surface area (TPSA) is 29.1 Å². The van der Waals surface area contributed by atoms with Crippen molar-refractivity contribution in [2.45, 2.75) is 26.2 Å². The Morgan fingerprint density at radius 2 is 2.36 bits per heavy atom. The van der Waals surface area contributed by atoms with E-state index in [0.717, 1.165) is 23.2 Å². The normalized spacial score (nSPS) is 10.1. The van der Waals surface area contributed by atoms with Gasteiger partial charge in [0.2, 0.25) is 5.91 Å². The molecule has 1 aromatic rings. The largest absolute Gasteiger partial charge is 0.356 e. The summed E-state index contributed by atoms with van der Waals surface area (Å²) in [5.41, 5.74) is 0. The molecule has 1 heterocycles. The fraction of sp³-hybridized carbons (Fsp3) is 0.500. The van der Waals surface area contributed by atoms with Crippen LogP contribution in [0.25, 0.3) is 0 Å².